The highest BCUT2D eigenvalue weighted by Crippen LogP contribution is 2.40. The van der Waals surface area contributed by atoms with E-state index in [0.717, 1.165) is 41.4 Å². The standard InChI is InChI=1S/C27H27ClN4O3/c1-18-7-10-23-25(15-18)35-24-17-21(34-2)8-9-22(24)26(30-23)31-11-4-12-32(14-13-31)27(33)29-20-6-3-5-19(28)16-20/h3,5-10,15-17H,4,11-14H2,1-2H3,(H,29,33). The Bertz CT molecular complexity index is 1290. The molecule has 0 unspecified atom stereocenters. The molecule has 180 valence electrons. The van der Waals surface area contributed by atoms with Crippen LogP contribution in [0.2, 0.25) is 5.02 Å². The van der Waals surface area contributed by atoms with Crippen molar-refractivity contribution in [1.29, 1.82) is 0 Å². The predicted molar refractivity (Wildman–Crippen MR) is 139 cm³/mol. The lowest BCUT2D eigenvalue weighted by atomic mass is 10.1. The van der Waals surface area contributed by atoms with Crippen LogP contribution < -0.4 is 14.8 Å². The van der Waals surface area contributed by atoms with E-state index in [9.17, 15) is 4.79 Å². The number of amidine groups is 1. The second kappa shape index (κ2) is 9.88. The van der Waals surface area contributed by atoms with Crippen LogP contribution in [0, 0.1) is 6.92 Å². The van der Waals surface area contributed by atoms with Crippen molar-refractivity contribution in [3.05, 3.63) is 76.8 Å². The van der Waals surface area contributed by atoms with Gasteiger partial charge in [-0.15, -0.1) is 0 Å². The van der Waals surface area contributed by atoms with Gasteiger partial charge in [-0.1, -0.05) is 23.7 Å². The van der Waals surface area contributed by atoms with Gasteiger partial charge >= 0.3 is 6.03 Å². The number of rotatable bonds is 2. The van der Waals surface area contributed by atoms with Crippen LogP contribution in [0.4, 0.5) is 16.2 Å². The molecule has 0 spiro atoms. The maximum Gasteiger partial charge on any atom is 0.321 e. The zero-order chi connectivity index (χ0) is 24.4. The van der Waals surface area contributed by atoms with Gasteiger partial charge in [-0.05, 0) is 61.4 Å². The number of hydrogen-bond donors (Lipinski definition) is 1. The fraction of sp³-hybridized carbons (Fsp3) is 0.259. The number of nitrogens with one attached hydrogen (secondary N) is 1. The number of methoxy groups -OCH3 is 1. The number of aliphatic imine (C=N–C) groups is 1. The molecular weight excluding hydrogens is 464 g/mol. The molecule has 0 bridgehead atoms. The molecule has 0 radical (unpaired) electrons. The average Bonchev–Trinajstić information content (AvgIpc) is 3.18. The van der Waals surface area contributed by atoms with Gasteiger partial charge < -0.3 is 24.6 Å². The number of aryl methyl sites for hydroxylation is 1. The van der Waals surface area contributed by atoms with E-state index in [0.29, 0.717) is 41.8 Å². The molecular formula is C27H27ClN4O3. The molecule has 0 atom stereocenters. The Morgan fingerprint density at radius 3 is 2.74 bits per heavy atom. The second-order valence-electron chi connectivity index (χ2n) is 8.64. The number of hydrogen-bond acceptors (Lipinski definition) is 5. The van der Waals surface area contributed by atoms with Gasteiger partial charge in [0, 0.05) is 43.0 Å². The maximum atomic E-state index is 12.9. The van der Waals surface area contributed by atoms with Crippen LogP contribution in [0.25, 0.3) is 0 Å². The number of carbonyl (C=O) groups excluding carboxylic acids is 1. The normalized spacial score (nSPS) is 15.1. The van der Waals surface area contributed by atoms with Crippen molar-refractivity contribution in [2.75, 3.05) is 38.6 Å². The predicted octanol–water partition coefficient (Wildman–Crippen LogP) is 6.08. The first-order chi connectivity index (χ1) is 17.0. The lowest BCUT2D eigenvalue weighted by Crippen LogP contribution is -2.39. The lowest BCUT2D eigenvalue weighted by Gasteiger charge is -2.25. The summed E-state index contributed by atoms with van der Waals surface area (Å²) >= 11 is 6.06. The molecule has 0 saturated carbocycles. The molecule has 35 heavy (non-hydrogen) atoms. The van der Waals surface area contributed by atoms with Gasteiger partial charge in [-0.25, -0.2) is 9.79 Å². The van der Waals surface area contributed by atoms with Gasteiger partial charge in [-0.2, -0.15) is 0 Å². The molecule has 2 aliphatic rings. The maximum absolute atomic E-state index is 12.9. The number of urea groups is 1. The summed E-state index contributed by atoms with van der Waals surface area (Å²) in [6.07, 6.45) is 0.815. The minimum absolute atomic E-state index is 0.133. The monoisotopic (exact) mass is 490 g/mol. The van der Waals surface area contributed by atoms with Crippen LogP contribution in [0.3, 0.4) is 0 Å². The Hall–Kier alpha value is -3.71. The van der Waals surface area contributed by atoms with Crippen molar-refractivity contribution in [2.24, 2.45) is 4.99 Å². The molecule has 8 heteroatoms. The number of amides is 2. The Balaban J connectivity index is 1.40. The van der Waals surface area contributed by atoms with Crippen molar-refractivity contribution in [3.63, 3.8) is 0 Å². The van der Waals surface area contributed by atoms with E-state index in [4.69, 9.17) is 26.1 Å². The highest BCUT2D eigenvalue weighted by atomic mass is 35.5. The zero-order valence-electron chi connectivity index (χ0n) is 19.8. The first-order valence-electron chi connectivity index (χ1n) is 11.6. The Labute approximate surface area is 209 Å². The van der Waals surface area contributed by atoms with E-state index in [1.54, 1.807) is 19.2 Å². The van der Waals surface area contributed by atoms with Crippen molar-refractivity contribution in [2.45, 2.75) is 13.3 Å². The summed E-state index contributed by atoms with van der Waals surface area (Å²) in [5, 5.41) is 3.54. The van der Waals surface area contributed by atoms with Crippen LogP contribution in [-0.2, 0) is 0 Å². The Morgan fingerprint density at radius 1 is 1.03 bits per heavy atom. The van der Waals surface area contributed by atoms with E-state index in [-0.39, 0.29) is 6.03 Å². The first-order valence-corrected chi connectivity index (χ1v) is 12.0. The van der Waals surface area contributed by atoms with Crippen molar-refractivity contribution in [3.8, 4) is 17.2 Å². The van der Waals surface area contributed by atoms with Crippen LogP contribution in [0.15, 0.2) is 65.7 Å². The summed E-state index contributed by atoms with van der Waals surface area (Å²) in [5.41, 5.74) is 3.46. The number of benzene rings is 3. The highest BCUT2D eigenvalue weighted by molar-refractivity contribution is 6.30. The SMILES string of the molecule is COc1ccc2c(c1)Oc1cc(C)ccc1N=C2N1CCCN(C(=O)Nc2cccc(Cl)c2)CC1. The summed E-state index contributed by atoms with van der Waals surface area (Å²) in [4.78, 5) is 22.0. The molecule has 5 rings (SSSR count). The molecule has 7 nitrogen and oxygen atoms in total. The van der Waals surface area contributed by atoms with Crippen LogP contribution in [0.1, 0.15) is 17.5 Å². The summed E-state index contributed by atoms with van der Waals surface area (Å²) in [7, 11) is 1.64. The van der Waals surface area contributed by atoms with Gasteiger partial charge in [0.15, 0.2) is 5.75 Å². The van der Waals surface area contributed by atoms with Gasteiger partial charge in [0.05, 0.1) is 12.7 Å². The lowest BCUT2D eigenvalue weighted by molar-refractivity contribution is 0.214. The summed E-state index contributed by atoms with van der Waals surface area (Å²) in [5.74, 6) is 2.97. The van der Waals surface area contributed by atoms with Gasteiger partial charge in [0.2, 0.25) is 0 Å². The van der Waals surface area contributed by atoms with Crippen molar-refractivity contribution < 1.29 is 14.3 Å². The third kappa shape index (κ3) is 5.05. The van der Waals surface area contributed by atoms with Gasteiger partial charge in [-0.3, -0.25) is 0 Å². The van der Waals surface area contributed by atoms with E-state index in [1.807, 2.05) is 60.4 Å². The van der Waals surface area contributed by atoms with Crippen LogP contribution in [0.5, 0.6) is 17.2 Å². The fourth-order valence-corrected chi connectivity index (χ4v) is 4.52. The van der Waals surface area contributed by atoms with Crippen molar-refractivity contribution in [1.82, 2.24) is 9.80 Å². The Morgan fingerprint density at radius 2 is 1.91 bits per heavy atom. The number of nitrogens with zero attached hydrogens (tertiary/aromatic N) is 3. The Kier molecular flexibility index (Phi) is 6.51. The molecule has 1 saturated heterocycles. The first kappa shape index (κ1) is 23.1. The summed E-state index contributed by atoms with van der Waals surface area (Å²) in [6.45, 7) is 4.67. The van der Waals surface area contributed by atoms with E-state index in [2.05, 4.69) is 10.2 Å². The third-order valence-electron chi connectivity index (χ3n) is 6.15. The van der Waals surface area contributed by atoms with Gasteiger partial charge in [0.25, 0.3) is 0 Å². The smallest absolute Gasteiger partial charge is 0.321 e. The topological polar surface area (TPSA) is 66.4 Å². The quantitative estimate of drug-likeness (QED) is 0.472. The van der Waals surface area contributed by atoms with E-state index < -0.39 is 0 Å². The molecule has 2 heterocycles. The van der Waals surface area contributed by atoms with E-state index in [1.165, 1.54) is 0 Å². The fourth-order valence-electron chi connectivity index (χ4n) is 4.33. The summed E-state index contributed by atoms with van der Waals surface area (Å²) < 4.78 is 11.7. The molecule has 1 N–H and O–H groups in total. The molecule has 2 amide bonds. The molecule has 3 aromatic carbocycles. The number of fused-ring (bicyclic) bond motifs is 2. The van der Waals surface area contributed by atoms with Crippen LogP contribution >= 0.6 is 11.6 Å². The molecule has 0 aromatic heterocycles. The van der Waals surface area contributed by atoms with Gasteiger partial charge in [0.1, 0.15) is 23.0 Å². The van der Waals surface area contributed by atoms with Crippen molar-refractivity contribution >= 4 is 34.8 Å². The summed E-state index contributed by atoms with van der Waals surface area (Å²) in [6, 6.07) is 18.9. The number of halogens is 1. The van der Waals surface area contributed by atoms with Crippen LogP contribution in [-0.4, -0.2) is 55.0 Å². The number of carbonyl (C=O) groups is 1. The third-order valence-corrected chi connectivity index (χ3v) is 6.38. The minimum atomic E-state index is -0.133. The zero-order valence-corrected chi connectivity index (χ0v) is 20.5. The largest absolute Gasteiger partial charge is 0.497 e. The van der Waals surface area contributed by atoms with E-state index >= 15 is 0 Å². The second-order valence-corrected chi connectivity index (χ2v) is 9.08. The molecule has 0 aliphatic carbocycles. The average molecular weight is 491 g/mol. The minimum Gasteiger partial charge on any atom is -0.497 e. The highest BCUT2D eigenvalue weighted by Gasteiger charge is 2.26. The molecule has 3 aromatic rings. The number of ether oxygens (including phenoxy) is 2. The molecule has 2 aliphatic heterocycles. The number of anilines is 1. The molecule has 1 fully saturated rings.